The number of pyridine rings is 1. The highest BCUT2D eigenvalue weighted by atomic mass is 35.5. The molecule has 5 nitrogen and oxygen atoms in total. The van der Waals surface area contributed by atoms with E-state index in [2.05, 4.69) is 15.4 Å². The average Bonchev–Trinajstić information content (AvgIpc) is 3.29. The quantitative estimate of drug-likeness (QED) is 0.804. The number of nitrogens with one attached hydrogen (secondary N) is 1. The first-order valence-electron chi connectivity index (χ1n) is 7.51. The van der Waals surface area contributed by atoms with E-state index in [1.54, 1.807) is 10.9 Å². The van der Waals surface area contributed by atoms with Crippen molar-refractivity contribution < 1.29 is 4.79 Å². The Kier molecular flexibility index (Phi) is 3.31. The number of aryl methyl sites for hydroxylation is 1. The molecule has 1 aromatic carbocycles. The number of nitrogens with zero attached hydrogens (tertiary/aromatic N) is 3. The zero-order chi connectivity index (χ0) is 16.0. The van der Waals surface area contributed by atoms with E-state index < -0.39 is 0 Å². The fourth-order valence-corrected chi connectivity index (χ4v) is 2.69. The van der Waals surface area contributed by atoms with Crippen molar-refractivity contribution in [1.82, 2.24) is 20.1 Å². The summed E-state index contributed by atoms with van der Waals surface area (Å²) in [5.74, 6) is -0.0666. The molecule has 0 unspecified atom stereocenters. The summed E-state index contributed by atoms with van der Waals surface area (Å²) in [6, 6.07) is 9.56. The predicted molar refractivity (Wildman–Crippen MR) is 89.4 cm³/mol. The lowest BCUT2D eigenvalue weighted by Crippen LogP contribution is -2.25. The maximum Gasteiger partial charge on any atom is 0.252 e. The Morgan fingerprint density at radius 1 is 1.30 bits per heavy atom. The van der Waals surface area contributed by atoms with E-state index >= 15 is 0 Å². The Bertz CT molecular complexity index is 897. The van der Waals surface area contributed by atoms with Gasteiger partial charge in [0.1, 0.15) is 0 Å². The second-order valence-electron chi connectivity index (χ2n) is 5.82. The van der Waals surface area contributed by atoms with Crippen LogP contribution in [-0.2, 0) is 7.05 Å². The monoisotopic (exact) mass is 326 g/mol. The van der Waals surface area contributed by atoms with Crippen LogP contribution in [0.5, 0.6) is 0 Å². The van der Waals surface area contributed by atoms with Crippen LogP contribution in [-0.4, -0.2) is 26.7 Å². The molecule has 1 aliphatic rings. The molecule has 2 heterocycles. The summed E-state index contributed by atoms with van der Waals surface area (Å²) < 4.78 is 1.68. The number of fused-ring (bicyclic) bond motifs is 1. The van der Waals surface area contributed by atoms with Gasteiger partial charge in [-0.25, -0.2) is 4.98 Å². The number of carbonyl (C=O) groups is 1. The Labute approximate surface area is 138 Å². The number of carbonyl (C=O) groups excluding carboxylic acids is 1. The van der Waals surface area contributed by atoms with E-state index in [-0.39, 0.29) is 5.91 Å². The summed E-state index contributed by atoms with van der Waals surface area (Å²) >= 11 is 5.95. The molecule has 23 heavy (non-hydrogen) atoms. The maximum atomic E-state index is 12.6. The highest BCUT2D eigenvalue weighted by molar-refractivity contribution is 6.30. The summed E-state index contributed by atoms with van der Waals surface area (Å²) in [4.78, 5) is 17.2. The normalized spacial score (nSPS) is 14.2. The zero-order valence-electron chi connectivity index (χ0n) is 12.6. The first kappa shape index (κ1) is 14.2. The lowest BCUT2D eigenvalue weighted by Gasteiger charge is -2.08. The van der Waals surface area contributed by atoms with Crippen LogP contribution < -0.4 is 5.32 Å². The van der Waals surface area contributed by atoms with Gasteiger partial charge in [0.25, 0.3) is 5.91 Å². The van der Waals surface area contributed by atoms with Crippen molar-refractivity contribution in [3.8, 4) is 11.3 Å². The number of halogens is 1. The Hall–Kier alpha value is -2.40. The third-order valence-electron chi connectivity index (χ3n) is 4.00. The SMILES string of the molecule is Cn1ncc2c(C(=O)NC3CC3)cc(-c3ccc(Cl)cc3)nc21. The molecule has 0 radical (unpaired) electrons. The van der Waals surface area contributed by atoms with Crippen molar-refractivity contribution in [3.05, 3.63) is 47.1 Å². The van der Waals surface area contributed by atoms with Gasteiger partial charge in [-0.2, -0.15) is 5.10 Å². The van der Waals surface area contributed by atoms with Gasteiger partial charge in [0.05, 0.1) is 22.8 Å². The Morgan fingerprint density at radius 2 is 2.04 bits per heavy atom. The lowest BCUT2D eigenvalue weighted by molar-refractivity contribution is 0.0952. The van der Waals surface area contributed by atoms with Crippen LogP contribution in [0.25, 0.3) is 22.3 Å². The maximum absolute atomic E-state index is 12.6. The van der Waals surface area contributed by atoms with E-state index in [0.717, 1.165) is 29.5 Å². The molecule has 0 aliphatic heterocycles. The zero-order valence-corrected chi connectivity index (χ0v) is 13.3. The van der Waals surface area contributed by atoms with Crippen molar-refractivity contribution in [1.29, 1.82) is 0 Å². The summed E-state index contributed by atoms with van der Waals surface area (Å²) in [7, 11) is 1.82. The first-order chi connectivity index (χ1) is 11.1. The summed E-state index contributed by atoms with van der Waals surface area (Å²) in [6.45, 7) is 0. The minimum Gasteiger partial charge on any atom is -0.349 e. The fraction of sp³-hybridized carbons (Fsp3) is 0.235. The summed E-state index contributed by atoms with van der Waals surface area (Å²) in [5.41, 5.74) is 2.95. The van der Waals surface area contributed by atoms with Gasteiger partial charge in [-0.3, -0.25) is 9.48 Å². The van der Waals surface area contributed by atoms with E-state index in [1.165, 1.54) is 0 Å². The molecule has 1 aliphatic carbocycles. The van der Waals surface area contributed by atoms with Crippen LogP contribution >= 0.6 is 11.6 Å². The molecule has 116 valence electrons. The molecule has 0 atom stereocenters. The first-order valence-corrected chi connectivity index (χ1v) is 7.89. The highest BCUT2D eigenvalue weighted by Crippen LogP contribution is 2.27. The molecule has 4 rings (SSSR count). The molecular weight excluding hydrogens is 312 g/mol. The molecule has 0 spiro atoms. The van der Waals surface area contributed by atoms with Gasteiger partial charge in [-0.1, -0.05) is 23.7 Å². The van der Waals surface area contributed by atoms with E-state index in [0.29, 0.717) is 22.3 Å². The van der Waals surface area contributed by atoms with Crippen LogP contribution in [0.15, 0.2) is 36.5 Å². The third-order valence-corrected chi connectivity index (χ3v) is 4.25. The van der Waals surface area contributed by atoms with Gasteiger partial charge in [-0.05, 0) is 31.0 Å². The molecule has 1 saturated carbocycles. The second kappa shape index (κ2) is 5.35. The highest BCUT2D eigenvalue weighted by Gasteiger charge is 2.25. The molecule has 1 N–H and O–H groups in total. The van der Waals surface area contributed by atoms with Crippen molar-refractivity contribution in [2.24, 2.45) is 7.05 Å². The van der Waals surface area contributed by atoms with Crippen LogP contribution in [0.3, 0.4) is 0 Å². The number of benzene rings is 1. The minimum absolute atomic E-state index is 0.0666. The molecule has 0 saturated heterocycles. The predicted octanol–water partition coefficient (Wildman–Crippen LogP) is 3.18. The number of hydrogen-bond donors (Lipinski definition) is 1. The molecular formula is C17H15ClN4O. The standard InChI is InChI=1S/C17H15ClN4O/c1-22-16-14(9-19-22)13(17(23)20-12-6-7-12)8-15(21-16)10-2-4-11(18)5-3-10/h2-5,8-9,12H,6-7H2,1H3,(H,20,23). The lowest BCUT2D eigenvalue weighted by atomic mass is 10.1. The van der Waals surface area contributed by atoms with Crippen molar-refractivity contribution in [2.45, 2.75) is 18.9 Å². The molecule has 6 heteroatoms. The molecule has 2 aromatic heterocycles. The van der Waals surface area contributed by atoms with Crippen molar-refractivity contribution in [2.75, 3.05) is 0 Å². The fourth-order valence-electron chi connectivity index (χ4n) is 2.56. The number of aromatic nitrogens is 3. The van der Waals surface area contributed by atoms with Gasteiger partial charge >= 0.3 is 0 Å². The van der Waals surface area contributed by atoms with Gasteiger partial charge in [0, 0.05) is 23.7 Å². The van der Waals surface area contributed by atoms with Crippen LogP contribution in [0.2, 0.25) is 5.02 Å². The Morgan fingerprint density at radius 3 is 2.74 bits per heavy atom. The Balaban J connectivity index is 1.86. The van der Waals surface area contributed by atoms with Gasteiger partial charge in [0.15, 0.2) is 5.65 Å². The molecule has 1 amide bonds. The van der Waals surface area contributed by atoms with Crippen LogP contribution in [0, 0.1) is 0 Å². The summed E-state index contributed by atoms with van der Waals surface area (Å²) in [6.07, 6.45) is 3.80. The average molecular weight is 327 g/mol. The van der Waals surface area contributed by atoms with Gasteiger partial charge in [0.2, 0.25) is 0 Å². The minimum atomic E-state index is -0.0666. The second-order valence-corrected chi connectivity index (χ2v) is 6.25. The van der Waals surface area contributed by atoms with E-state index in [4.69, 9.17) is 11.6 Å². The molecule has 3 aromatic rings. The van der Waals surface area contributed by atoms with Crippen LogP contribution in [0.4, 0.5) is 0 Å². The topological polar surface area (TPSA) is 59.8 Å². The van der Waals surface area contributed by atoms with Gasteiger partial charge < -0.3 is 5.32 Å². The molecule has 1 fully saturated rings. The largest absolute Gasteiger partial charge is 0.349 e. The van der Waals surface area contributed by atoms with Crippen molar-refractivity contribution >= 4 is 28.5 Å². The van der Waals surface area contributed by atoms with E-state index in [1.807, 2.05) is 37.4 Å². The number of rotatable bonds is 3. The van der Waals surface area contributed by atoms with Crippen molar-refractivity contribution in [3.63, 3.8) is 0 Å². The number of hydrogen-bond acceptors (Lipinski definition) is 3. The smallest absolute Gasteiger partial charge is 0.252 e. The van der Waals surface area contributed by atoms with E-state index in [9.17, 15) is 4.79 Å². The summed E-state index contributed by atoms with van der Waals surface area (Å²) in [5, 5.41) is 8.71. The number of amides is 1. The third kappa shape index (κ3) is 2.68. The van der Waals surface area contributed by atoms with Crippen LogP contribution in [0.1, 0.15) is 23.2 Å². The molecule has 0 bridgehead atoms. The van der Waals surface area contributed by atoms with Gasteiger partial charge in [-0.15, -0.1) is 0 Å².